The summed E-state index contributed by atoms with van der Waals surface area (Å²) < 4.78 is 0. The number of rotatable bonds is 6. The maximum atomic E-state index is 5.28. The van der Waals surface area contributed by atoms with Crippen molar-refractivity contribution in [3.8, 4) is 0 Å². The van der Waals surface area contributed by atoms with E-state index < -0.39 is 0 Å². The summed E-state index contributed by atoms with van der Waals surface area (Å²) in [5.74, 6) is 6.48. The van der Waals surface area contributed by atoms with E-state index >= 15 is 0 Å². The summed E-state index contributed by atoms with van der Waals surface area (Å²) in [7, 11) is 0. The van der Waals surface area contributed by atoms with E-state index in [1.807, 2.05) is 12.1 Å². The largest absolute Gasteiger partial charge is 0.367 e. The first-order valence-corrected chi connectivity index (χ1v) is 6.38. The first kappa shape index (κ1) is 13.3. The Morgan fingerprint density at radius 2 is 2.00 bits per heavy atom. The van der Waals surface area contributed by atoms with Crippen LogP contribution in [0.5, 0.6) is 0 Å². The van der Waals surface area contributed by atoms with Gasteiger partial charge in [-0.25, -0.2) is 10.8 Å². The fourth-order valence-corrected chi connectivity index (χ4v) is 1.86. The summed E-state index contributed by atoms with van der Waals surface area (Å²) in [5.41, 5.74) is 3.79. The van der Waals surface area contributed by atoms with E-state index in [1.54, 1.807) is 6.20 Å². The summed E-state index contributed by atoms with van der Waals surface area (Å²) in [5, 5.41) is 3.34. The molecule has 1 aromatic heterocycles. The molecule has 1 unspecified atom stereocenters. The molecule has 1 atom stereocenters. The van der Waals surface area contributed by atoms with Gasteiger partial charge in [0.05, 0.1) is 0 Å². The van der Waals surface area contributed by atoms with Crippen LogP contribution in [0, 0.1) is 0 Å². The predicted octanol–water partition coefficient (Wildman–Crippen LogP) is 2.20. The molecule has 0 aliphatic rings. The van der Waals surface area contributed by atoms with Crippen molar-refractivity contribution in [3.05, 3.63) is 48.2 Å². The molecule has 0 radical (unpaired) electrons. The fourth-order valence-electron chi connectivity index (χ4n) is 1.86. The minimum Gasteiger partial charge on any atom is -0.367 e. The lowest BCUT2D eigenvalue weighted by Crippen LogP contribution is -2.18. The Labute approximate surface area is 113 Å². The topological polar surface area (TPSA) is 75.9 Å². The SMILES string of the molecule is CC(CCc1ccccc1)Nc1ccnc(NN)n1. The average molecular weight is 257 g/mol. The van der Waals surface area contributed by atoms with Crippen LogP contribution in [0.3, 0.4) is 0 Å². The molecule has 0 aliphatic carbocycles. The van der Waals surface area contributed by atoms with E-state index in [1.165, 1.54) is 5.56 Å². The first-order chi connectivity index (χ1) is 9.28. The zero-order chi connectivity index (χ0) is 13.5. The van der Waals surface area contributed by atoms with Gasteiger partial charge in [0.25, 0.3) is 0 Å². The predicted molar refractivity (Wildman–Crippen MR) is 77.7 cm³/mol. The Kier molecular flexibility index (Phi) is 4.69. The van der Waals surface area contributed by atoms with Crippen molar-refractivity contribution in [3.63, 3.8) is 0 Å². The second-order valence-corrected chi connectivity index (χ2v) is 4.48. The van der Waals surface area contributed by atoms with E-state index in [0.717, 1.165) is 18.7 Å². The van der Waals surface area contributed by atoms with Crippen LogP contribution in [-0.2, 0) is 6.42 Å². The summed E-state index contributed by atoms with van der Waals surface area (Å²) in [6.45, 7) is 2.14. The van der Waals surface area contributed by atoms with Gasteiger partial charge in [-0.05, 0) is 31.4 Å². The molecule has 19 heavy (non-hydrogen) atoms. The van der Waals surface area contributed by atoms with Gasteiger partial charge >= 0.3 is 0 Å². The number of benzene rings is 1. The van der Waals surface area contributed by atoms with E-state index in [2.05, 4.69) is 51.9 Å². The monoisotopic (exact) mass is 257 g/mol. The second kappa shape index (κ2) is 6.70. The molecule has 1 heterocycles. The first-order valence-electron chi connectivity index (χ1n) is 6.38. The number of anilines is 2. The third kappa shape index (κ3) is 4.22. The molecule has 0 bridgehead atoms. The van der Waals surface area contributed by atoms with E-state index in [4.69, 9.17) is 5.84 Å². The quantitative estimate of drug-likeness (QED) is 0.546. The van der Waals surface area contributed by atoms with Gasteiger partial charge in [-0.1, -0.05) is 30.3 Å². The number of nitrogens with two attached hydrogens (primary N) is 1. The van der Waals surface area contributed by atoms with E-state index in [9.17, 15) is 0 Å². The van der Waals surface area contributed by atoms with E-state index in [0.29, 0.717) is 12.0 Å². The molecule has 2 rings (SSSR count). The van der Waals surface area contributed by atoms with Gasteiger partial charge in [0.15, 0.2) is 0 Å². The third-order valence-corrected chi connectivity index (χ3v) is 2.89. The fraction of sp³-hybridized carbons (Fsp3) is 0.286. The van der Waals surface area contributed by atoms with Crippen molar-refractivity contribution in [2.75, 3.05) is 10.7 Å². The summed E-state index contributed by atoms with van der Waals surface area (Å²) in [6, 6.07) is 12.6. The Balaban J connectivity index is 1.85. The molecular weight excluding hydrogens is 238 g/mol. The third-order valence-electron chi connectivity index (χ3n) is 2.89. The molecule has 1 aromatic carbocycles. The number of aromatic nitrogens is 2. The van der Waals surface area contributed by atoms with Gasteiger partial charge in [-0.2, -0.15) is 4.98 Å². The minimum atomic E-state index is 0.334. The molecule has 5 heteroatoms. The zero-order valence-electron chi connectivity index (χ0n) is 11.0. The molecule has 0 aliphatic heterocycles. The molecule has 4 N–H and O–H groups in total. The molecule has 5 nitrogen and oxygen atoms in total. The number of aryl methyl sites for hydroxylation is 1. The number of hydrogen-bond acceptors (Lipinski definition) is 5. The molecule has 0 fully saturated rings. The molecule has 0 amide bonds. The van der Waals surface area contributed by atoms with Crippen LogP contribution in [0.25, 0.3) is 0 Å². The van der Waals surface area contributed by atoms with Gasteiger partial charge in [-0.3, -0.25) is 5.43 Å². The summed E-state index contributed by atoms with van der Waals surface area (Å²) >= 11 is 0. The number of nitrogens with one attached hydrogen (secondary N) is 2. The van der Waals surface area contributed by atoms with Crippen molar-refractivity contribution in [2.24, 2.45) is 5.84 Å². The summed E-state index contributed by atoms with van der Waals surface area (Å²) in [6.07, 6.45) is 3.76. The molecule has 0 spiro atoms. The van der Waals surface area contributed by atoms with Crippen LogP contribution < -0.4 is 16.6 Å². The molecule has 0 saturated heterocycles. The Bertz CT molecular complexity index is 500. The van der Waals surface area contributed by atoms with Crippen molar-refractivity contribution >= 4 is 11.8 Å². The van der Waals surface area contributed by atoms with Crippen LogP contribution in [0.15, 0.2) is 42.6 Å². The lowest BCUT2D eigenvalue weighted by Gasteiger charge is -2.14. The maximum absolute atomic E-state index is 5.28. The van der Waals surface area contributed by atoms with Crippen LogP contribution in [-0.4, -0.2) is 16.0 Å². The molecule has 100 valence electrons. The van der Waals surface area contributed by atoms with Crippen LogP contribution in [0.1, 0.15) is 18.9 Å². The lowest BCUT2D eigenvalue weighted by molar-refractivity contribution is 0.702. The number of hydrogen-bond donors (Lipinski definition) is 3. The van der Waals surface area contributed by atoms with Crippen molar-refractivity contribution in [1.29, 1.82) is 0 Å². The standard InChI is InChI=1S/C14H19N5/c1-11(7-8-12-5-3-2-4-6-12)17-13-9-10-16-14(18-13)19-15/h2-6,9-11H,7-8,15H2,1H3,(H2,16,17,18,19). The summed E-state index contributed by atoms with van der Waals surface area (Å²) in [4.78, 5) is 8.20. The van der Waals surface area contributed by atoms with Crippen molar-refractivity contribution in [1.82, 2.24) is 9.97 Å². The van der Waals surface area contributed by atoms with Gasteiger partial charge in [0.2, 0.25) is 5.95 Å². The smallest absolute Gasteiger partial charge is 0.239 e. The normalized spacial score (nSPS) is 11.9. The van der Waals surface area contributed by atoms with E-state index in [-0.39, 0.29) is 0 Å². The van der Waals surface area contributed by atoms with Crippen LogP contribution in [0.2, 0.25) is 0 Å². The van der Waals surface area contributed by atoms with Gasteiger partial charge in [0.1, 0.15) is 5.82 Å². The molecule has 2 aromatic rings. The Morgan fingerprint density at radius 3 is 2.74 bits per heavy atom. The van der Waals surface area contributed by atoms with Gasteiger partial charge in [-0.15, -0.1) is 0 Å². The molecule has 0 saturated carbocycles. The molecular formula is C14H19N5. The highest BCUT2D eigenvalue weighted by atomic mass is 15.3. The van der Waals surface area contributed by atoms with Crippen LogP contribution in [0.4, 0.5) is 11.8 Å². The number of nitrogen functional groups attached to an aromatic ring is 1. The Hall–Kier alpha value is -2.14. The number of nitrogens with zero attached hydrogens (tertiary/aromatic N) is 2. The number of hydrazine groups is 1. The Morgan fingerprint density at radius 1 is 1.21 bits per heavy atom. The van der Waals surface area contributed by atoms with Gasteiger partial charge < -0.3 is 5.32 Å². The highest BCUT2D eigenvalue weighted by Crippen LogP contribution is 2.10. The van der Waals surface area contributed by atoms with Gasteiger partial charge in [0, 0.05) is 12.2 Å². The minimum absolute atomic E-state index is 0.334. The lowest BCUT2D eigenvalue weighted by atomic mass is 10.1. The second-order valence-electron chi connectivity index (χ2n) is 4.48. The highest BCUT2D eigenvalue weighted by Gasteiger charge is 2.04. The van der Waals surface area contributed by atoms with Crippen LogP contribution >= 0.6 is 0 Å². The highest BCUT2D eigenvalue weighted by molar-refractivity contribution is 5.39. The van der Waals surface area contributed by atoms with Crippen molar-refractivity contribution in [2.45, 2.75) is 25.8 Å². The average Bonchev–Trinajstić information content (AvgIpc) is 2.46. The zero-order valence-corrected chi connectivity index (χ0v) is 11.0. The maximum Gasteiger partial charge on any atom is 0.239 e. The van der Waals surface area contributed by atoms with Crippen molar-refractivity contribution < 1.29 is 0 Å².